The van der Waals surface area contributed by atoms with Crippen molar-refractivity contribution in [2.24, 2.45) is 0 Å². The van der Waals surface area contributed by atoms with Crippen LogP contribution in [0.15, 0.2) is 47.4 Å². The highest BCUT2D eigenvalue weighted by molar-refractivity contribution is 7.90. The molecule has 1 atom stereocenters. The van der Waals surface area contributed by atoms with E-state index in [0.29, 0.717) is 5.69 Å². The van der Waals surface area contributed by atoms with Crippen LogP contribution in [0.1, 0.15) is 34.6 Å². The van der Waals surface area contributed by atoms with Crippen molar-refractivity contribution in [1.29, 1.82) is 0 Å². The van der Waals surface area contributed by atoms with Crippen LogP contribution in [0.3, 0.4) is 0 Å². The molecule has 1 amide bonds. The summed E-state index contributed by atoms with van der Waals surface area (Å²) in [6.45, 7) is 3.86. The number of nitrogens with one attached hydrogen (secondary N) is 1. The van der Waals surface area contributed by atoms with E-state index >= 15 is 0 Å². The summed E-state index contributed by atoms with van der Waals surface area (Å²) in [5.41, 5.74) is 3.10. The largest absolute Gasteiger partial charge is 0.334 e. The Morgan fingerprint density at radius 3 is 2.42 bits per heavy atom. The minimum atomic E-state index is -3.24. The van der Waals surface area contributed by atoms with Gasteiger partial charge in [-0.05, 0) is 43.7 Å². The van der Waals surface area contributed by atoms with Crippen molar-refractivity contribution in [1.82, 2.24) is 15.1 Å². The van der Waals surface area contributed by atoms with Crippen LogP contribution in [-0.4, -0.2) is 42.7 Å². The van der Waals surface area contributed by atoms with E-state index in [1.54, 1.807) is 36.2 Å². The molecule has 0 spiro atoms. The number of sulfone groups is 1. The first kappa shape index (κ1) is 18.1. The summed E-state index contributed by atoms with van der Waals surface area (Å²) in [6, 6.07) is 12.2. The fourth-order valence-electron chi connectivity index (χ4n) is 2.85. The zero-order valence-electron chi connectivity index (χ0n) is 15.1. The van der Waals surface area contributed by atoms with Crippen LogP contribution < -0.4 is 0 Å². The van der Waals surface area contributed by atoms with Crippen molar-refractivity contribution >= 4 is 26.6 Å². The van der Waals surface area contributed by atoms with Crippen molar-refractivity contribution in [2.45, 2.75) is 24.8 Å². The number of benzene rings is 2. The third-order valence-corrected chi connectivity index (χ3v) is 5.74. The number of aryl methyl sites for hydroxylation is 1. The maximum atomic E-state index is 12.9. The molecule has 0 radical (unpaired) electrons. The number of aromatic nitrogens is 2. The molecule has 0 aliphatic carbocycles. The summed E-state index contributed by atoms with van der Waals surface area (Å²) in [5, 5.41) is 7.87. The van der Waals surface area contributed by atoms with E-state index in [-0.39, 0.29) is 16.8 Å². The molecule has 0 saturated carbocycles. The quantitative estimate of drug-likeness (QED) is 0.764. The Bertz CT molecular complexity index is 1070. The van der Waals surface area contributed by atoms with Crippen molar-refractivity contribution in [3.05, 3.63) is 59.3 Å². The summed E-state index contributed by atoms with van der Waals surface area (Å²) in [4.78, 5) is 14.8. The van der Waals surface area contributed by atoms with Crippen LogP contribution in [0.2, 0.25) is 0 Å². The first-order valence-electron chi connectivity index (χ1n) is 8.20. The molecular formula is C19H21N3O3S. The fourth-order valence-corrected chi connectivity index (χ4v) is 3.48. The Kier molecular flexibility index (Phi) is 4.58. The lowest BCUT2D eigenvalue weighted by atomic mass is 10.1. The third-order valence-electron chi connectivity index (χ3n) is 4.61. The lowest BCUT2D eigenvalue weighted by Gasteiger charge is -2.25. The molecule has 2 aromatic carbocycles. The van der Waals surface area contributed by atoms with Crippen molar-refractivity contribution in [2.75, 3.05) is 13.3 Å². The zero-order valence-corrected chi connectivity index (χ0v) is 16.0. The van der Waals surface area contributed by atoms with Gasteiger partial charge in [0, 0.05) is 18.7 Å². The molecule has 3 aromatic rings. The van der Waals surface area contributed by atoms with Gasteiger partial charge in [0.15, 0.2) is 15.5 Å². The Morgan fingerprint density at radius 1 is 1.15 bits per heavy atom. The van der Waals surface area contributed by atoms with E-state index in [2.05, 4.69) is 10.2 Å². The number of hydrogen-bond donors (Lipinski definition) is 1. The molecule has 3 rings (SSSR count). The number of amides is 1. The van der Waals surface area contributed by atoms with Crippen LogP contribution in [-0.2, 0) is 9.84 Å². The summed E-state index contributed by atoms with van der Waals surface area (Å²) in [7, 11) is -1.52. The molecule has 136 valence electrons. The van der Waals surface area contributed by atoms with Crippen LogP contribution in [0.5, 0.6) is 0 Å². The minimum absolute atomic E-state index is 0.193. The molecule has 1 N–H and O–H groups in total. The topological polar surface area (TPSA) is 83.1 Å². The molecule has 1 heterocycles. The van der Waals surface area contributed by atoms with Gasteiger partial charge in [0.05, 0.1) is 16.5 Å². The van der Waals surface area contributed by atoms with E-state index in [4.69, 9.17) is 0 Å². The van der Waals surface area contributed by atoms with Gasteiger partial charge in [-0.2, -0.15) is 5.10 Å². The average molecular weight is 371 g/mol. The van der Waals surface area contributed by atoms with E-state index < -0.39 is 9.84 Å². The molecule has 7 heteroatoms. The lowest BCUT2D eigenvalue weighted by Crippen LogP contribution is -2.30. The zero-order chi connectivity index (χ0) is 19.1. The van der Waals surface area contributed by atoms with Gasteiger partial charge in [-0.15, -0.1) is 0 Å². The second kappa shape index (κ2) is 6.57. The summed E-state index contributed by atoms with van der Waals surface area (Å²) in [5.74, 6) is -0.193. The molecule has 6 nitrogen and oxygen atoms in total. The first-order chi connectivity index (χ1) is 12.2. The molecule has 0 fully saturated rings. The van der Waals surface area contributed by atoms with Crippen molar-refractivity contribution in [3.63, 3.8) is 0 Å². The maximum absolute atomic E-state index is 12.9. The second-order valence-corrected chi connectivity index (χ2v) is 8.57. The van der Waals surface area contributed by atoms with Crippen LogP contribution >= 0.6 is 0 Å². The monoisotopic (exact) mass is 371 g/mol. The number of nitrogens with zero attached hydrogens (tertiary/aromatic N) is 2. The molecular weight excluding hydrogens is 350 g/mol. The van der Waals surface area contributed by atoms with Crippen molar-refractivity contribution < 1.29 is 13.2 Å². The van der Waals surface area contributed by atoms with Gasteiger partial charge in [0.1, 0.15) is 0 Å². The van der Waals surface area contributed by atoms with Crippen LogP contribution in [0.4, 0.5) is 0 Å². The Hall–Kier alpha value is -2.67. The summed E-state index contributed by atoms with van der Waals surface area (Å²) >= 11 is 0. The predicted molar refractivity (Wildman–Crippen MR) is 101 cm³/mol. The SMILES string of the molecule is Cc1ccc2[nH]nc(C(=O)N(C)[C@@H](C)c3ccc(S(C)(=O)=O)cc3)c2c1. The fraction of sp³-hybridized carbons (Fsp3) is 0.263. The number of carbonyl (C=O) groups excluding carboxylic acids is 1. The van der Waals surface area contributed by atoms with Gasteiger partial charge in [-0.1, -0.05) is 23.8 Å². The van der Waals surface area contributed by atoms with Crippen molar-refractivity contribution in [3.8, 4) is 0 Å². The maximum Gasteiger partial charge on any atom is 0.275 e. The molecule has 26 heavy (non-hydrogen) atoms. The number of fused-ring (bicyclic) bond motifs is 1. The number of H-pyrrole nitrogens is 1. The Labute approximate surface area is 152 Å². The first-order valence-corrected chi connectivity index (χ1v) is 10.1. The van der Waals surface area contributed by atoms with E-state index in [1.807, 2.05) is 32.0 Å². The second-order valence-electron chi connectivity index (χ2n) is 6.55. The van der Waals surface area contributed by atoms with E-state index in [9.17, 15) is 13.2 Å². The van der Waals surface area contributed by atoms with Gasteiger partial charge in [-0.3, -0.25) is 9.89 Å². The van der Waals surface area contributed by atoms with Crippen LogP contribution in [0, 0.1) is 6.92 Å². The molecule has 0 aliphatic heterocycles. The van der Waals surface area contributed by atoms with Gasteiger partial charge >= 0.3 is 0 Å². The molecule has 0 bridgehead atoms. The minimum Gasteiger partial charge on any atom is -0.334 e. The highest BCUT2D eigenvalue weighted by Crippen LogP contribution is 2.25. The Balaban J connectivity index is 1.88. The van der Waals surface area contributed by atoms with Gasteiger partial charge in [-0.25, -0.2) is 8.42 Å². The predicted octanol–water partition coefficient (Wildman–Crippen LogP) is 3.11. The van der Waals surface area contributed by atoms with E-state index in [1.165, 1.54) is 6.26 Å². The normalized spacial score (nSPS) is 12.9. The van der Waals surface area contributed by atoms with Crippen LogP contribution in [0.25, 0.3) is 10.9 Å². The summed E-state index contributed by atoms with van der Waals surface area (Å²) in [6.07, 6.45) is 1.17. The highest BCUT2D eigenvalue weighted by Gasteiger charge is 2.23. The van der Waals surface area contributed by atoms with Gasteiger partial charge in [0.25, 0.3) is 5.91 Å². The number of rotatable bonds is 4. The standard InChI is InChI=1S/C19H21N3O3S/c1-12-5-10-17-16(11-12)18(21-20-17)19(23)22(3)13(2)14-6-8-15(9-7-14)26(4,24)25/h5-11,13H,1-4H3,(H,20,21)/t13-/m0/s1. The number of hydrogen-bond acceptors (Lipinski definition) is 4. The smallest absolute Gasteiger partial charge is 0.275 e. The highest BCUT2D eigenvalue weighted by atomic mass is 32.2. The number of aromatic amines is 1. The lowest BCUT2D eigenvalue weighted by molar-refractivity contribution is 0.0738. The molecule has 0 saturated heterocycles. The summed E-state index contributed by atoms with van der Waals surface area (Å²) < 4.78 is 23.2. The van der Waals surface area contributed by atoms with Gasteiger partial charge < -0.3 is 4.90 Å². The molecule has 0 aliphatic rings. The van der Waals surface area contributed by atoms with Gasteiger partial charge in [0.2, 0.25) is 0 Å². The third kappa shape index (κ3) is 3.35. The Morgan fingerprint density at radius 2 is 1.81 bits per heavy atom. The number of carbonyl (C=O) groups is 1. The average Bonchev–Trinajstić information content (AvgIpc) is 3.02. The van der Waals surface area contributed by atoms with E-state index in [0.717, 1.165) is 22.0 Å². The molecule has 1 aromatic heterocycles. The molecule has 0 unspecified atom stereocenters.